The van der Waals surface area contributed by atoms with Crippen molar-refractivity contribution in [2.75, 3.05) is 30.1 Å². The monoisotopic (exact) mass is 685 g/mol. The van der Waals surface area contributed by atoms with Crippen molar-refractivity contribution in [1.82, 2.24) is 15.0 Å². The highest BCUT2D eigenvalue weighted by atomic mass is 28.4. The minimum atomic E-state index is -3.37. The summed E-state index contributed by atoms with van der Waals surface area (Å²) in [5.74, 6) is 0.284. The van der Waals surface area contributed by atoms with E-state index in [1.165, 1.54) is 0 Å². The van der Waals surface area contributed by atoms with Crippen molar-refractivity contribution in [1.29, 1.82) is 0 Å². The SMILES string of the molecule is COc1ccc2c(c1)[C@@]1(O[C@H](CCn3cc(CCO)nn3)[C@@H]([Si](C)(C)F)[C@@H]1C)C(=O)N2Cc1cccc(N2C(=O)COc3ccccc32)c1. The Hall–Kier alpha value is -4.59. The molecule has 11 nitrogen and oxygen atoms in total. The summed E-state index contributed by atoms with van der Waals surface area (Å²) >= 11 is 0. The van der Waals surface area contributed by atoms with E-state index in [0.717, 1.165) is 5.56 Å². The second-order valence-corrected chi connectivity index (χ2v) is 17.2. The first-order valence-electron chi connectivity index (χ1n) is 16.6. The first kappa shape index (κ1) is 32.9. The van der Waals surface area contributed by atoms with Crippen LogP contribution in [0.1, 0.15) is 30.2 Å². The van der Waals surface area contributed by atoms with Gasteiger partial charge in [0.05, 0.1) is 36.8 Å². The predicted molar refractivity (Wildman–Crippen MR) is 183 cm³/mol. The zero-order valence-corrected chi connectivity index (χ0v) is 29.0. The van der Waals surface area contributed by atoms with Gasteiger partial charge in [0, 0.05) is 48.5 Å². The smallest absolute Gasteiger partial charge is 0.269 e. The topological polar surface area (TPSA) is 119 Å². The van der Waals surface area contributed by atoms with E-state index in [1.807, 2.05) is 73.7 Å². The molecule has 2 amide bonds. The van der Waals surface area contributed by atoms with E-state index < -0.39 is 31.6 Å². The maximum absolute atomic E-state index is 16.3. The number of amides is 2. The Labute approximate surface area is 285 Å². The number of methoxy groups -OCH3 is 1. The Kier molecular flexibility index (Phi) is 8.53. The number of carbonyl (C=O) groups excluding carboxylic acids is 2. The molecule has 1 N–H and O–H groups in total. The highest BCUT2D eigenvalue weighted by molar-refractivity contribution is 6.72. The van der Waals surface area contributed by atoms with E-state index in [-0.39, 0.29) is 31.6 Å². The number of hydrogen-bond donors (Lipinski definition) is 1. The Morgan fingerprint density at radius 1 is 1.08 bits per heavy atom. The van der Waals surface area contributed by atoms with Gasteiger partial charge in [0.25, 0.3) is 11.8 Å². The number of aryl methyl sites for hydroxylation is 1. The number of aliphatic hydroxyl groups is 1. The van der Waals surface area contributed by atoms with Crippen molar-refractivity contribution >= 4 is 37.3 Å². The summed E-state index contributed by atoms with van der Waals surface area (Å²) in [6, 6.07) is 20.5. The summed E-state index contributed by atoms with van der Waals surface area (Å²) < 4.78 is 36.1. The van der Waals surface area contributed by atoms with Gasteiger partial charge in [0.15, 0.2) is 12.2 Å². The Balaban J connectivity index is 1.23. The Bertz CT molecular complexity index is 1900. The standard InChI is InChI=1S/C36H40FN5O6Si/c1-23-34(49(3,4)37)32(14-16-40-21-25(15-17-43)38-39-40)48-36(23)28-19-27(46-2)12-13-29(28)41(35(36)45)20-24-8-7-9-26(18-24)42-30-10-5-6-11-31(30)47-22-33(42)44/h5-13,18-19,21,23,32,34,43H,14-17,20,22H2,1-4H3/t23-,32+,34-,36+/m0/s1. The summed E-state index contributed by atoms with van der Waals surface area (Å²) in [7, 11) is -1.80. The molecule has 1 spiro atoms. The number of anilines is 3. The zero-order chi connectivity index (χ0) is 34.5. The fourth-order valence-corrected chi connectivity index (χ4v) is 10.4. The van der Waals surface area contributed by atoms with Gasteiger partial charge in [-0.05, 0) is 67.5 Å². The van der Waals surface area contributed by atoms with Gasteiger partial charge in [0.2, 0.25) is 8.41 Å². The van der Waals surface area contributed by atoms with Crippen LogP contribution in [0.2, 0.25) is 18.6 Å². The Morgan fingerprint density at radius 2 is 1.90 bits per heavy atom. The molecule has 0 aliphatic carbocycles. The van der Waals surface area contributed by atoms with Gasteiger partial charge >= 0.3 is 0 Å². The van der Waals surface area contributed by atoms with Crippen molar-refractivity contribution in [3.63, 3.8) is 0 Å². The molecule has 7 rings (SSSR count). The van der Waals surface area contributed by atoms with Crippen LogP contribution >= 0.6 is 0 Å². The lowest BCUT2D eigenvalue weighted by molar-refractivity contribution is -0.146. The van der Waals surface area contributed by atoms with Gasteiger partial charge in [-0.1, -0.05) is 36.4 Å². The molecule has 1 fully saturated rings. The van der Waals surface area contributed by atoms with E-state index >= 15 is 4.11 Å². The third-order valence-corrected chi connectivity index (χ3v) is 12.4. The van der Waals surface area contributed by atoms with Crippen molar-refractivity contribution in [3.05, 3.63) is 89.7 Å². The molecule has 1 aromatic heterocycles. The lowest BCUT2D eigenvalue weighted by Crippen LogP contribution is -2.45. The number of para-hydroxylation sites is 2. The van der Waals surface area contributed by atoms with Crippen molar-refractivity contribution < 1.29 is 33.0 Å². The molecular weight excluding hydrogens is 646 g/mol. The van der Waals surface area contributed by atoms with Gasteiger partial charge in [0.1, 0.15) is 11.5 Å². The molecule has 49 heavy (non-hydrogen) atoms. The van der Waals surface area contributed by atoms with Crippen LogP contribution in [0.3, 0.4) is 0 Å². The van der Waals surface area contributed by atoms with E-state index in [9.17, 15) is 14.7 Å². The second kappa shape index (κ2) is 12.7. The molecular formula is C36H40FN5O6Si. The number of fused-ring (bicyclic) bond motifs is 3. The largest absolute Gasteiger partial charge is 0.497 e. The molecule has 3 aliphatic rings. The van der Waals surface area contributed by atoms with Crippen LogP contribution in [0.25, 0.3) is 0 Å². The van der Waals surface area contributed by atoms with Crippen LogP contribution in [-0.2, 0) is 39.4 Å². The van der Waals surface area contributed by atoms with Gasteiger partial charge in [-0.3, -0.25) is 19.2 Å². The third-order valence-electron chi connectivity index (χ3n) is 9.98. The van der Waals surface area contributed by atoms with E-state index in [4.69, 9.17) is 14.2 Å². The van der Waals surface area contributed by atoms with Crippen LogP contribution in [-0.4, -0.2) is 66.7 Å². The van der Waals surface area contributed by atoms with Crippen molar-refractivity contribution in [2.24, 2.45) is 5.92 Å². The fraction of sp³-hybridized carbons (Fsp3) is 0.389. The van der Waals surface area contributed by atoms with E-state index in [2.05, 4.69) is 10.3 Å². The first-order chi connectivity index (χ1) is 23.5. The molecule has 3 aromatic carbocycles. The zero-order valence-electron chi connectivity index (χ0n) is 28.0. The maximum atomic E-state index is 16.3. The average molecular weight is 686 g/mol. The highest BCUT2D eigenvalue weighted by Gasteiger charge is 2.66. The lowest BCUT2D eigenvalue weighted by Gasteiger charge is -2.31. The normalized spacial score (nSPS) is 23.2. The molecule has 0 saturated carbocycles. The lowest BCUT2D eigenvalue weighted by atomic mass is 9.82. The van der Waals surface area contributed by atoms with Crippen LogP contribution in [0.4, 0.5) is 21.2 Å². The summed E-state index contributed by atoms with van der Waals surface area (Å²) in [5, 5.41) is 17.6. The molecule has 4 aromatic rings. The predicted octanol–water partition coefficient (Wildman–Crippen LogP) is 5.29. The third kappa shape index (κ3) is 5.69. The number of carbonyl (C=O) groups is 2. The fourth-order valence-electron chi connectivity index (χ4n) is 7.88. The number of aliphatic hydroxyl groups excluding tert-OH is 1. The van der Waals surface area contributed by atoms with Crippen LogP contribution in [0.5, 0.6) is 11.5 Å². The minimum absolute atomic E-state index is 0.0285. The summed E-state index contributed by atoms with van der Waals surface area (Å²) in [4.78, 5) is 31.3. The van der Waals surface area contributed by atoms with Gasteiger partial charge in [-0.15, -0.1) is 5.10 Å². The molecule has 4 atom stereocenters. The Morgan fingerprint density at radius 3 is 2.67 bits per heavy atom. The van der Waals surface area contributed by atoms with Gasteiger partial charge in [-0.2, -0.15) is 0 Å². The van der Waals surface area contributed by atoms with E-state index in [1.54, 1.807) is 40.9 Å². The average Bonchev–Trinajstić information content (AvgIpc) is 3.73. The summed E-state index contributed by atoms with van der Waals surface area (Å²) in [6.45, 7) is 5.82. The summed E-state index contributed by atoms with van der Waals surface area (Å²) in [6.07, 6.45) is 2.06. The quantitative estimate of drug-likeness (QED) is 0.177. The van der Waals surface area contributed by atoms with Gasteiger partial charge in [-0.25, -0.2) is 0 Å². The number of ether oxygens (including phenoxy) is 3. The number of nitrogens with zero attached hydrogens (tertiary/aromatic N) is 5. The first-order valence-corrected chi connectivity index (χ1v) is 19.5. The maximum Gasteiger partial charge on any atom is 0.269 e. The van der Waals surface area contributed by atoms with E-state index in [0.29, 0.717) is 59.2 Å². The molecule has 0 unspecified atom stereocenters. The van der Waals surface area contributed by atoms with Gasteiger partial charge < -0.3 is 28.3 Å². The molecule has 1 saturated heterocycles. The molecule has 4 heterocycles. The van der Waals surface area contributed by atoms with Crippen LogP contribution in [0.15, 0.2) is 72.9 Å². The molecule has 256 valence electrons. The molecule has 3 aliphatic heterocycles. The molecule has 13 heteroatoms. The molecule has 0 bridgehead atoms. The number of hydrogen-bond acceptors (Lipinski definition) is 8. The van der Waals surface area contributed by atoms with Crippen LogP contribution < -0.4 is 19.3 Å². The molecule has 0 radical (unpaired) electrons. The number of rotatable bonds is 10. The highest BCUT2D eigenvalue weighted by Crippen LogP contribution is 2.60. The van der Waals surface area contributed by atoms with Crippen molar-refractivity contribution in [2.45, 2.75) is 63.2 Å². The second-order valence-electron chi connectivity index (χ2n) is 13.4. The van der Waals surface area contributed by atoms with Crippen molar-refractivity contribution in [3.8, 4) is 11.5 Å². The number of aromatic nitrogens is 3. The number of halogens is 1. The summed E-state index contributed by atoms with van der Waals surface area (Å²) in [5.41, 5.74) is 2.25. The number of benzene rings is 3. The van der Waals surface area contributed by atoms with Crippen LogP contribution in [0, 0.1) is 5.92 Å². The minimum Gasteiger partial charge on any atom is -0.497 e.